The summed E-state index contributed by atoms with van der Waals surface area (Å²) in [6.45, 7) is 0. The van der Waals surface area contributed by atoms with Crippen LogP contribution in [0.5, 0.6) is 0 Å². The molecule has 0 fully saturated rings. The second-order valence-corrected chi connectivity index (χ2v) is 5.43. The number of nitrogens with one attached hydrogen (secondary N) is 1. The Labute approximate surface area is 142 Å². The van der Waals surface area contributed by atoms with Gasteiger partial charge in [-0.25, -0.2) is 0 Å². The lowest BCUT2D eigenvalue weighted by Gasteiger charge is -2.30. The van der Waals surface area contributed by atoms with E-state index in [-0.39, 0.29) is 5.84 Å². The number of hydrogen-bond donors (Lipinski definition) is 1. The molecule has 0 aliphatic carbocycles. The van der Waals surface area contributed by atoms with Crippen molar-refractivity contribution >= 4 is 11.5 Å². The number of amidine groups is 1. The van der Waals surface area contributed by atoms with Crippen LogP contribution in [0, 0.1) is 10.1 Å². The maximum Gasteiger partial charge on any atom is 0.389 e. The van der Waals surface area contributed by atoms with Gasteiger partial charge in [-0.15, -0.1) is 5.01 Å². The molecule has 3 aromatic rings. The molecule has 25 heavy (non-hydrogen) atoms. The second kappa shape index (κ2) is 6.25. The van der Waals surface area contributed by atoms with E-state index < -0.39 is 17.1 Å². The van der Waals surface area contributed by atoms with Gasteiger partial charge in [-0.05, 0) is 41.3 Å². The van der Waals surface area contributed by atoms with E-state index in [2.05, 4.69) is 10.4 Å². The summed E-state index contributed by atoms with van der Waals surface area (Å²) in [6.07, 6.45) is 2.51. The SMILES string of the molecule is O=[N+]([O-])C1=NN(c2ccccc2)[C@H](c2ccco2)N[C@@H]1c1ccco1. The molecule has 4 rings (SSSR count). The first kappa shape index (κ1) is 15.2. The van der Waals surface area contributed by atoms with Crippen LogP contribution >= 0.6 is 0 Å². The number of nitro groups is 1. The molecule has 8 nitrogen and oxygen atoms in total. The molecule has 1 N–H and O–H groups in total. The third kappa shape index (κ3) is 2.79. The van der Waals surface area contributed by atoms with E-state index in [4.69, 9.17) is 8.83 Å². The molecule has 0 spiro atoms. The predicted molar refractivity (Wildman–Crippen MR) is 89.4 cm³/mol. The lowest BCUT2D eigenvalue weighted by molar-refractivity contribution is -0.356. The summed E-state index contributed by atoms with van der Waals surface area (Å²) in [7, 11) is 0. The minimum absolute atomic E-state index is 0.249. The molecule has 1 aromatic carbocycles. The smallest absolute Gasteiger partial charge is 0.389 e. The molecule has 1 aliphatic rings. The Morgan fingerprint density at radius 2 is 1.68 bits per heavy atom. The minimum atomic E-state index is -0.792. The van der Waals surface area contributed by atoms with Crippen molar-refractivity contribution in [3.8, 4) is 0 Å². The zero-order valence-electron chi connectivity index (χ0n) is 13.0. The van der Waals surface area contributed by atoms with Crippen molar-refractivity contribution in [2.75, 3.05) is 5.01 Å². The number of hydrazone groups is 1. The Kier molecular flexibility index (Phi) is 3.79. The van der Waals surface area contributed by atoms with Gasteiger partial charge in [0.1, 0.15) is 11.5 Å². The third-order valence-electron chi connectivity index (χ3n) is 3.89. The summed E-state index contributed by atoms with van der Waals surface area (Å²) in [5.74, 6) is 0.757. The maximum atomic E-state index is 11.6. The lowest BCUT2D eigenvalue weighted by atomic mass is 10.1. The number of nitrogens with zero attached hydrogens (tertiary/aromatic N) is 3. The van der Waals surface area contributed by atoms with Gasteiger partial charge in [0.05, 0.1) is 23.3 Å². The van der Waals surface area contributed by atoms with Gasteiger partial charge in [-0.1, -0.05) is 18.2 Å². The standard InChI is InChI=1S/C17H14N4O4/c22-21(23)17-15(13-8-4-10-24-13)18-16(14-9-5-11-25-14)20(19-17)12-6-2-1-3-7-12/h1-11,15-16,18H/t15-,16-/m1/s1. The van der Waals surface area contributed by atoms with Crippen molar-refractivity contribution < 1.29 is 13.8 Å². The molecule has 3 heterocycles. The number of benzene rings is 1. The van der Waals surface area contributed by atoms with Crippen LogP contribution in [-0.2, 0) is 0 Å². The summed E-state index contributed by atoms with van der Waals surface area (Å²) in [6, 6.07) is 15.3. The number of anilines is 1. The van der Waals surface area contributed by atoms with Gasteiger partial charge in [0, 0.05) is 0 Å². The summed E-state index contributed by atoms with van der Waals surface area (Å²) in [5.41, 5.74) is 0.702. The number of rotatable bonds is 3. The molecular formula is C17H14N4O4. The van der Waals surface area contributed by atoms with Gasteiger partial charge in [0.2, 0.25) is 0 Å². The third-order valence-corrected chi connectivity index (χ3v) is 3.89. The van der Waals surface area contributed by atoms with Gasteiger partial charge in [-0.3, -0.25) is 5.32 Å². The monoisotopic (exact) mass is 338 g/mol. The van der Waals surface area contributed by atoms with Crippen LogP contribution in [0.25, 0.3) is 0 Å². The van der Waals surface area contributed by atoms with E-state index in [1.54, 1.807) is 30.5 Å². The topological polar surface area (TPSA) is 97.0 Å². The van der Waals surface area contributed by atoms with Crippen molar-refractivity contribution in [2.24, 2.45) is 5.10 Å². The van der Waals surface area contributed by atoms with Gasteiger partial charge in [0.25, 0.3) is 0 Å². The molecule has 2 atom stereocenters. The summed E-state index contributed by atoms with van der Waals surface area (Å²) >= 11 is 0. The fourth-order valence-corrected chi connectivity index (χ4v) is 2.77. The average molecular weight is 338 g/mol. The van der Waals surface area contributed by atoms with Crippen molar-refractivity contribution in [1.29, 1.82) is 0 Å². The van der Waals surface area contributed by atoms with Crippen LogP contribution in [0.4, 0.5) is 5.69 Å². The Morgan fingerprint density at radius 1 is 1.00 bits per heavy atom. The first-order chi connectivity index (χ1) is 12.2. The molecule has 2 aromatic heterocycles. The first-order valence-electron chi connectivity index (χ1n) is 7.64. The Morgan fingerprint density at radius 3 is 2.28 bits per heavy atom. The van der Waals surface area contributed by atoms with E-state index in [0.717, 1.165) is 0 Å². The Balaban J connectivity index is 1.83. The van der Waals surface area contributed by atoms with Crippen LogP contribution in [0.3, 0.4) is 0 Å². The minimum Gasteiger partial charge on any atom is -0.467 e. The Bertz CT molecular complexity index is 875. The fourth-order valence-electron chi connectivity index (χ4n) is 2.77. The summed E-state index contributed by atoms with van der Waals surface area (Å²) in [4.78, 5) is 11.1. The fraction of sp³-hybridized carbons (Fsp3) is 0.118. The highest BCUT2D eigenvalue weighted by Gasteiger charge is 2.43. The van der Waals surface area contributed by atoms with E-state index in [1.165, 1.54) is 11.3 Å². The number of para-hydroxylation sites is 1. The highest BCUT2D eigenvalue weighted by atomic mass is 16.6. The highest BCUT2D eigenvalue weighted by molar-refractivity contribution is 5.83. The van der Waals surface area contributed by atoms with Crippen molar-refractivity contribution in [3.05, 3.63) is 88.8 Å². The highest BCUT2D eigenvalue weighted by Crippen LogP contribution is 2.33. The zero-order valence-corrected chi connectivity index (χ0v) is 13.0. The quantitative estimate of drug-likeness (QED) is 0.581. The summed E-state index contributed by atoms with van der Waals surface area (Å²) < 4.78 is 10.9. The lowest BCUT2D eigenvalue weighted by Crippen LogP contribution is -2.47. The second-order valence-electron chi connectivity index (χ2n) is 5.43. The molecule has 1 aliphatic heterocycles. The zero-order chi connectivity index (χ0) is 17.2. The van der Waals surface area contributed by atoms with Gasteiger partial charge in [-0.2, -0.15) is 0 Å². The van der Waals surface area contributed by atoms with Crippen LogP contribution in [0.2, 0.25) is 0 Å². The van der Waals surface area contributed by atoms with Crippen LogP contribution in [0.1, 0.15) is 23.7 Å². The van der Waals surface area contributed by atoms with Gasteiger partial charge < -0.3 is 18.9 Å². The molecule has 0 saturated carbocycles. The van der Waals surface area contributed by atoms with Crippen LogP contribution in [0.15, 0.2) is 81.1 Å². The van der Waals surface area contributed by atoms with E-state index in [1.807, 2.05) is 30.3 Å². The van der Waals surface area contributed by atoms with E-state index in [0.29, 0.717) is 17.2 Å². The molecule has 126 valence electrons. The average Bonchev–Trinajstić information content (AvgIpc) is 3.35. The van der Waals surface area contributed by atoms with Gasteiger partial charge >= 0.3 is 5.84 Å². The van der Waals surface area contributed by atoms with Crippen LogP contribution < -0.4 is 10.3 Å². The van der Waals surface area contributed by atoms with E-state index in [9.17, 15) is 10.1 Å². The van der Waals surface area contributed by atoms with Crippen molar-refractivity contribution in [2.45, 2.75) is 12.2 Å². The molecule has 0 amide bonds. The normalized spacial score (nSPS) is 20.3. The number of hydrogen-bond acceptors (Lipinski definition) is 7. The molecular weight excluding hydrogens is 324 g/mol. The molecule has 0 unspecified atom stereocenters. The molecule has 0 saturated heterocycles. The number of furan rings is 2. The maximum absolute atomic E-state index is 11.6. The van der Waals surface area contributed by atoms with Crippen LogP contribution in [-0.4, -0.2) is 10.8 Å². The molecule has 0 bridgehead atoms. The Hall–Kier alpha value is -3.39. The molecule has 8 heteroatoms. The first-order valence-corrected chi connectivity index (χ1v) is 7.64. The van der Waals surface area contributed by atoms with Crippen molar-refractivity contribution in [3.63, 3.8) is 0 Å². The largest absolute Gasteiger partial charge is 0.467 e. The predicted octanol–water partition coefficient (Wildman–Crippen LogP) is 3.31. The summed E-state index contributed by atoms with van der Waals surface area (Å²) in [5, 5.41) is 20.6. The molecule has 0 radical (unpaired) electrons. The van der Waals surface area contributed by atoms with E-state index >= 15 is 0 Å². The van der Waals surface area contributed by atoms with Gasteiger partial charge in [0.15, 0.2) is 12.2 Å². The van der Waals surface area contributed by atoms with Crippen molar-refractivity contribution in [1.82, 2.24) is 5.32 Å².